The summed E-state index contributed by atoms with van der Waals surface area (Å²) in [6, 6.07) is 9.10. The first-order valence-electron chi connectivity index (χ1n) is 7.68. The Balaban J connectivity index is 0.00000161. The molecule has 3 nitrogen and oxygen atoms in total. The second kappa shape index (κ2) is 6.80. The molecule has 1 aromatic carbocycles. The lowest BCUT2D eigenvalue weighted by atomic mass is 9.86. The summed E-state index contributed by atoms with van der Waals surface area (Å²) in [4.78, 5) is 14.1. The summed E-state index contributed by atoms with van der Waals surface area (Å²) in [6.45, 7) is 0. The van der Waals surface area contributed by atoms with Crippen LogP contribution in [-0.2, 0) is 0 Å². The number of fused-ring (bicyclic) bond motifs is 2. The van der Waals surface area contributed by atoms with E-state index in [4.69, 9.17) is 4.74 Å². The number of benzene rings is 1. The number of ether oxygens (including phenoxy) is 1. The van der Waals surface area contributed by atoms with Crippen molar-refractivity contribution in [2.45, 2.75) is 44.2 Å². The summed E-state index contributed by atoms with van der Waals surface area (Å²) in [7, 11) is 3.97. The van der Waals surface area contributed by atoms with Crippen LogP contribution in [0, 0.1) is 5.92 Å². The minimum Gasteiger partial charge on any atom is -1.00 e. The van der Waals surface area contributed by atoms with Crippen LogP contribution in [0.5, 0.6) is 5.75 Å². The molecule has 4 atom stereocenters. The van der Waals surface area contributed by atoms with Gasteiger partial charge in [-0.1, -0.05) is 0 Å². The Morgan fingerprint density at radius 2 is 1.76 bits per heavy atom. The van der Waals surface area contributed by atoms with E-state index in [0.29, 0.717) is 12.3 Å². The van der Waals surface area contributed by atoms with E-state index in [1.54, 1.807) is 12.0 Å². The van der Waals surface area contributed by atoms with E-state index in [9.17, 15) is 4.79 Å². The molecular formula is C17H24ClNO2. The van der Waals surface area contributed by atoms with Gasteiger partial charge in [-0.3, -0.25) is 4.79 Å². The van der Waals surface area contributed by atoms with Gasteiger partial charge in [0.05, 0.1) is 26.2 Å². The number of Topliss-reactive ketones (excluding diaryl/α,β-unsaturated/α-hetero) is 1. The van der Waals surface area contributed by atoms with Gasteiger partial charge in [-0.05, 0) is 30.2 Å². The standard InChI is InChI=1S/C17H23NO2.ClH/c1-18-14-5-6-15(18)10-12(9-14)11-17(19)13-3-7-16(20-2)8-4-13;/h3-4,7-8,12,14-15H,5-6,9-11H2,1-2H3;1H/t12?,14-,15+;. The maximum Gasteiger partial charge on any atom is 0.163 e. The van der Waals surface area contributed by atoms with Crippen LogP contribution in [0.15, 0.2) is 24.3 Å². The Morgan fingerprint density at radius 1 is 1.19 bits per heavy atom. The van der Waals surface area contributed by atoms with Gasteiger partial charge in [-0.2, -0.15) is 0 Å². The van der Waals surface area contributed by atoms with Crippen LogP contribution in [0.2, 0.25) is 0 Å². The first-order valence-corrected chi connectivity index (χ1v) is 7.68. The lowest BCUT2D eigenvalue weighted by Crippen LogP contribution is -3.15. The zero-order valence-corrected chi connectivity index (χ0v) is 13.5. The van der Waals surface area contributed by atoms with Crippen molar-refractivity contribution >= 4 is 5.78 Å². The van der Waals surface area contributed by atoms with Gasteiger partial charge in [0.15, 0.2) is 5.78 Å². The molecule has 0 spiro atoms. The quantitative estimate of drug-likeness (QED) is 0.703. The minimum absolute atomic E-state index is 0. The zero-order valence-electron chi connectivity index (χ0n) is 12.8. The summed E-state index contributed by atoms with van der Waals surface area (Å²) in [6.07, 6.45) is 5.87. The molecule has 0 radical (unpaired) electrons. The van der Waals surface area contributed by atoms with Gasteiger partial charge in [0.1, 0.15) is 5.75 Å². The molecule has 2 heterocycles. The number of carbonyl (C=O) groups excluding carboxylic acids is 1. The van der Waals surface area contributed by atoms with Crippen molar-refractivity contribution in [3.8, 4) is 5.75 Å². The second-order valence-corrected chi connectivity index (χ2v) is 6.41. The van der Waals surface area contributed by atoms with Gasteiger partial charge in [0.2, 0.25) is 0 Å². The third-order valence-electron chi connectivity index (χ3n) is 5.27. The summed E-state index contributed by atoms with van der Waals surface area (Å²) in [5.41, 5.74) is 0.824. The van der Waals surface area contributed by atoms with Crippen LogP contribution in [0.1, 0.15) is 42.5 Å². The van der Waals surface area contributed by atoms with Gasteiger partial charge >= 0.3 is 0 Å². The Morgan fingerprint density at radius 3 is 2.29 bits per heavy atom. The van der Waals surface area contributed by atoms with Crippen molar-refractivity contribution in [1.29, 1.82) is 0 Å². The van der Waals surface area contributed by atoms with Crippen LogP contribution < -0.4 is 22.0 Å². The molecule has 2 aliphatic rings. The molecule has 0 amide bonds. The predicted molar refractivity (Wildman–Crippen MR) is 78.4 cm³/mol. The van der Waals surface area contributed by atoms with Crippen LogP contribution in [0.25, 0.3) is 0 Å². The van der Waals surface area contributed by atoms with Crippen molar-refractivity contribution in [3.05, 3.63) is 29.8 Å². The number of halogens is 1. The maximum absolute atomic E-state index is 12.4. The van der Waals surface area contributed by atoms with Gasteiger partial charge in [0.25, 0.3) is 0 Å². The Bertz CT molecular complexity index is 474. The van der Waals surface area contributed by atoms with Crippen LogP contribution in [-0.4, -0.2) is 32.0 Å². The lowest BCUT2D eigenvalue weighted by Gasteiger charge is -2.33. The molecular weight excluding hydrogens is 286 g/mol. The molecule has 1 N–H and O–H groups in total. The fourth-order valence-corrected chi connectivity index (χ4v) is 4.02. The summed E-state index contributed by atoms with van der Waals surface area (Å²) < 4.78 is 5.13. The Kier molecular flexibility index (Phi) is 5.28. The molecule has 0 aliphatic carbocycles. The molecule has 4 heteroatoms. The van der Waals surface area contributed by atoms with E-state index >= 15 is 0 Å². The molecule has 3 rings (SSSR count). The molecule has 2 aliphatic heterocycles. The number of methoxy groups -OCH3 is 1. The second-order valence-electron chi connectivity index (χ2n) is 6.41. The first-order chi connectivity index (χ1) is 9.67. The van der Waals surface area contributed by atoms with E-state index in [-0.39, 0.29) is 18.2 Å². The predicted octanol–water partition coefficient (Wildman–Crippen LogP) is -1.27. The molecule has 2 fully saturated rings. The minimum atomic E-state index is 0. The molecule has 0 saturated carbocycles. The fraction of sp³-hybridized carbons (Fsp3) is 0.588. The number of quaternary nitrogens is 1. The Labute approximate surface area is 133 Å². The average Bonchev–Trinajstić information content (AvgIpc) is 2.69. The Hall–Kier alpha value is -1.06. The molecule has 2 bridgehead atoms. The normalized spacial score (nSPS) is 30.6. The van der Waals surface area contributed by atoms with Crippen molar-refractivity contribution in [1.82, 2.24) is 0 Å². The number of hydrogen-bond donors (Lipinski definition) is 1. The van der Waals surface area contributed by atoms with Crippen LogP contribution in [0.3, 0.4) is 0 Å². The summed E-state index contributed by atoms with van der Waals surface area (Å²) in [5.74, 6) is 1.69. The maximum atomic E-state index is 12.4. The highest BCUT2D eigenvalue weighted by molar-refractivity contribution is 5.96. The van der Waals surface area contributed by atoms with E-state index in [1.165, 1.54) is 25.7 Å². The monoisotopic (exact) mass is 309 g/mol. The summed E-state index contributed by atoms with van der Waals surface area (Å²) in [5, 5.41) is 0. The van der Waals surface area contributed by atoms with Gasteiger partial charge in [0, 0.05) is 37.7 Å². The topological polar surface area (TPSA) is 30.7 Å². The van der Waals surface area contributed by atoms with Gasteiger partial charge in [-0.25, -0.2) is 0 Å². The van der Waals surface area contributed by atoms with Crippen molar-refractivity contribution in [2.75, 3.05) is 14.2 Å². The molecule has 21 heavy (non-hydrogen) atoms. The largest absolute Gasteiger partial charge is 1.00 e. The molecule has 2 unspecified atom stereocenters. The number of nitrogens with one attached hydrogen (secondary N) is 1. The van der Waals surface area contributed by atoms with Crippen LogP contribution >= 0.6 is 0 Å². The third kappa shape index (κ3) is 3.41. The molecule has 116 valence electrons. The molecule has 1 aromatic rings. The number of ketones is 1. The fourth-order valence-electron chi connectivity index (χ4n) is 4.02. The number of rotatable bonds is 4. The van der Waals surface area contributed by atoms with E-state index in [0.717, 1.165) is 23.4 Å². The number of carbonyl (C=O) groups is 1. The van der Waals surface area contributed by atoms with Crippen molar-refractivity contribution in [3.63, 3.8) is 0 Å². The lowest BCUT2D eigenvalue weighted by molar-refractivity contribution is -0.923. The molecule has 0 aromatic heterocycles. The van der Waals surface area contributed by atoms with E-state index < -0.39 is 0 Å². The smallest absolute Gasteiger partial charge is 0.163 e. The van der Waals surface area contributed by atoms with Crippen molar-refractivity contribution in [2.24, 2.45) is 5.92 Å². The van der Waals surface area contributed by atoms with Crippen LogP contribution in [0.4, 0.5) is 0 Å². The third-order valence-corrected chi connectivity index (χ3v) is 5.27. The van der Waals surface area contributed by atoms with Crippen molar-refractivity contribution < 1.29 is 26.8 Å². The van der Waals surface area contributed by atoms with E-state index in [2.05, 4.69) is 7.05 Å². The SMILES string of the molecule is COc1ccc(C(=O)CC2C[C@H]3CC[C@@H](C2)[NH+]3C)cc1.[Cl-]. The highest BCUT2D eigenvalue weighted by Crippen LogP contribution is 2.30. The zero-order chi connectivity index (χ0) is 14.1. The number of hydrogen-bond acceptors (Lipinski definition) is 2. The van der Waals surface area contributed by atoms with E-state index in [1.807, 2.05) is 24.3 Å². The highest BCUT2D eigenvalue weighted by Gasteiger charge is 2.42. The first kappa shape index (κ1) is 16.3. The van der Waals surface area contributed by atoms with Gasteiger partial charge in [-0.15, -0.1) is 0 Å². The summed E-state index contributed by atoms with van der Waals surface area (Å²) >= 11 is 0. The van der Waals surface area contributed by atoms with Gasteiger partial charge < -0.3 is 22.0 Å². The average molecular weight is 310 g/mol. The highest BCUT2D eigenvalue weighted by atomic mass is 35.5. The molecule has 2 saturated heterocycles. The number of piperidine rings is 1.